The Balaban J connectivity index is 0.00000300. The second-order valence-corrected chi connectivity index (χ2v) is 7.06. The van der Waals surface area contributed by atoms with Crippen LogP contribution in [0.1, 0.15) is 24.5 Å². The number of guanidine groups is 1. The van der Waals surface area contributed by atoms with Crippen LogP contribution in [0.2, 0.25) is 0 Å². The maximum atomic E-state index is 13.5. The molecule has 29 heavy (non-hydrogen) atoms. The Morgan fingerprint density at radius 1 is 1.24 bits per heavy atom. The van der Waals surface area contributed by atoms with E-state index in [0.717, 1.165) is 44.2 Å². The van der Waals surface area contributed by atoms with Crippen LogP contribution >= 0.6 is 24.0 Å². The van der Waals surface area contributed by atoms with Gasteiger partial charge >= 0.3 is 0 Å². The van der Waals surface area contributed by atoms with Gasteiger partial charge in [-0.05, 0) is 36.6 Å². The first-order chi connectivity index (χ1) is 13.7. The summed E-state index contributed by atoms with van der Waals surface area (Å²) in [6.07, 6.45) is 1.06. The highest BCUT2D eigenvalue weighted by atomic mass is 127. The fourth-order valence-corrected chi connectivity index (χ4v) is 3.32. The average molecular weight is 513 g/mol. The second-order valence-electron chi connectivity index (χ2n) is 7.06. The predicted molar refractivity (Wildman–Crippen MR) is 124 cm³/mol. The van der Waals surface area contributed by atoms with Gasteiger partial charge in [-0.3, -0.25) is 0 Å². The number of nitrogens with zero attached hydrogens (tertiary/aromatic N) is 2. The lowest BCUT2D eigenvalue weighted by Gasteiger charge is -2.21. The van der Waals surface area contributed by atoms with E-state index in [1.54, 1.807) is 6.07 Å². The SMILES string of the molecule is CCNC(=NCc1ccc(O)c(F)c1)N1CCC(COCc2ccccc2)C1.I. The summed E-state index contributed by atoms with van der Waals surface area (Å²) in [5.41, 5.74) is 1.92. The maximum Gasteiger partial charge on any atom is 0.194 e. The monoisotopic (exact) mass is 513 g/mol. The third-order valence-corrected chi connectivity index (χ3v) is 4.81. The number of halogens is 2. The molecule has 3 rings (SSSR count). The number of aliphatic imine (C=N–C) groups is 1. The van der Waals surface area contributed by atoms with Crippen LogP contribution in [-0.4, -0.2) is 42.2 Å². The summed E-state index contributed by atoms with van der Waals surface area (Å²) < 4.78 is 19.4. The molecule has 2 aromatic carbocycles. The number of likely N-dealkylation sites (tertiary alicyclic amines) is 1. The standard InChI is InChI=1S/C22H28FN3O2.HI/c1-2-24-22(25-13-18-8-9-21(27)20(23)12-18)26-11-10-19(14-26)16-28-15-17-6-4-3-5-7-17;/h3-9,12,19,27H,2,10-11,13-16H2,1H3,(H,24,25);1H. The molecule has 1 aliphatic rings. The van der Waals surface area contributed by atoms with Crippen LogP contribution in [0.15, 0.2) is 53.5 Å². The van der Waals surface area contributed by atoms with Gasteiger partial charge in [-0.25, -0.2) is 9.38 Å². The number of benzene rings is 2. The molecule has 1 fully saturated rings. The fraction of sp³-hybridized carbons (Fsp3) is 0.409. The van der Waals surface area contributed by atoms with Gasteiger partial charge in [0, 0.05) is 25.6 Å². The minimum Gasteiger partial charge on any atom is -0.505 e. The zero-order valence-electron chi connectivity index (χ0n) is 16.7. The van der Waals surface area contributed by atoms with Crippen molar-refractivity contribution in [1.82, 2.24) is 10.2 Å². The lowest BCUT2D eigenvalue weighted by Crippen LogP contribution is -2.40. The summed E-state index contributed by atoms with van der Waals surface area (Å²) in [6.45, 7) is 6.36. The minimum absolute atomic E-state index is 0. The predicted octanol–water partition coefficient (Wildman–Crippen LogP) is 4.15. The molecule has 0 saturated carbocycles. The van der Waals surface area contributed by atoms with Crippen LogP contribution in [0.4, 0.5) is 4.39 Å². The van der Waals surface area contributed by atoms with Gasteiger partial charge in [0.05, 0.1) is 19.8 Å². The van der Waals surface area contributed by atoms with Crippen molar-refractivity contribution >= 4 is 29.9 Å². The molecular weight excluding hydrogens is 484 g/mol. The minimum atomic E-state index is -0.616. The van der Waals surface area contributed by atoms with Gasteiger partial charge in [-0.2, -0.15) is 0 Å². The van der Waals surface area contributed by atoms with Crippen molar-refractivity contribution in [2.24, 2.45) is 10.9 Å². The van der Waals surface area contributed by atoms with E-state index in [1.165, 1.54) is 17.7 Å². The smallest absolute Gasteiger partial charge is 0.194 e. The second kappa shape index (κ2) is 12.0. The molecular formula is C22H29FIN3O2. The zero-order valence-corrected chi connectivity index (χ0v) is 19.0. The highest BCUT2D eigenvalue weighted by Gasteiger charge is 2.25. The summed E-state index contributed by atoms with van der Waals surface area (Å²) in [7, 11) is 0. The van der Waals surface area contributed by atoms with Crippen molar-refractivity contribution in [3.8, 4) is 5.75 Å². The number of nitrogens with one attached hydrogen (secondary N) is 1. The fourth-order valence-electron chi connectivity index (χ4n) is 3.32. The summed E-state index contributed by atoms with van der Waals surface area (Å²) in [5, 5.41) is 12.6. The Bertz CT molecular complexity index is 789. The quantitative estimate of drug-likeness (QED) is 0.332. The van der Waals surface area contributed by atoms with Gasteiger partial charge in [-0.15, -0.1) is 24.0 Å². The summed E-state index contributed by atoms with van der Waals surface area (Å²) >= 11 is 0. The van der Waals surface area contributed by atoms with Crippen LogP contribution in [0.5, 0.6) is 5.75 Å². The van der Waals surface area contributed by atoms with Crippen LogP contribution in [0.25, 0.3) is 0 Å². The van der Waals surface area contributed by atoms with Crippen molar-refractivity contribution in [2.45, 2.75) is 26.5 Å². The normalized spacial score (nSPS) is 16.6. The topological polar surface area (TPSA) is 57.1 Å². The first-order valence-electron chi connectivity index (χ1n) is 9.78. The summed E-state index contributed by atoms with van der Waals surface area (Å²) in [6, 6.07) is 14.6. The van der Waals surface area contributed by atoms with E-state index in [4.69, 9.17) is 4.74 Å². The number of ether oxygens (including phenoxy) is 1. The highest BCUT2D eigenvalue weighted by molar-refractivity contribution is 14.0. The summed E-state index contributed by atoms with van der Waals surface area (Å²) in [4.78, 5) is 6.87. The van der Waals surface area contributed by atoms with E-state index in [2.05, 4.69) is 27.3 Å². The molecule has 0 spiro atoms. The average Bonchev–Trinajstić information content (AvgIpc) is 3.17. The molecule has 7 heteroatoms. The Hall–Kier alpha value is -1.87. The molecule has 0 bridgehead atoms. The molecule has 0 amide bonds. The lowest BCUT2D eigenvalue weighted by atomic mass is 10.1. The molecule has 1 heterocycles. The van der Waals surface area contributed by atoms with Gasteiger partial charge in [0.2, 0.25) is 0 Å². The number of phenolic OH excluding ortho intramolecular Hbond substituents is 1. The molecule has 2 aromatic rings. The third-order valence-electron chi connectivity index (χ3n) is 4.81. The van der Waals surface area contributed by atoms with E-state index < -0.39 is 5.82 Å². The Morgan fingerprint density at radius 2 is 2.03 bits per heavy atom. The number of rotatable bonds is 7. The van der Waals surface area contributed by atoms with Gasteiger partial charge < -0.3 is 20.1 Å². The van der Waals surface area contributed by atoms with Crippen molar-refractivity contribution in [1.29, 1.82) is 0 Å². The molecule has 1 saturated heterocycles. The van der Waals surface area contributed by atoms with Crippen molar-refractivity contribution < 1.29 is 14.2 Å². The molecule has 158 valence electrons. The molecule has 1 aliphatic heterocycles. The van der Waals surface area contributed by atoms with E-state index in [-0.39, 0.29) is 29.7 Å². The van der Waals surface area contributed by atoms with Gasteiger partial charge in [0.15, 0.2) is 17.5 Å². The van der Waals surface area contributed by atoms with Gasteiger partial charge in [0.25, 0.3) is 0 Å². The van der Waals surface area contributed by atoms with Crippen molar-refractivity contribution in [3.05, 3.63) is 65.5 Å². The molecule has 2 N–H and O–H groups in total. The molecule has 0 aromatic heterocycles. The van der Waals surface area contributed by atoms with Gasteiger partial charge in [0.1, 0.15) is 0 Å². The largest absolute Gasteiger partial charge is 0.505 e. The van der Waals surface area contributed by atoms with E-state index >= 15 is 0 Å². The number of phenols is 1. The molecule has 1 unspecified atom stereocenters. The van der Waals surface area contributed by atoms with E-state index in [9.17, 15) is 9.50 Å². The summed E-state index contributed by atoms with van der Waals surface area (Å²) in [5.74, 6) is 0.354. The first kappa shape index (κ1) is 23.4. The number of aromatic hydroxyl groups is 1. The number of hydrogen-bond donors (Lipinski definition) is 2. The lowest BCUT2D eigenvalue weighted by molar-refractivity contribution is 0.0906. The van der Waals surface area contributed by atoms with Crippen molar-refractivity contribution in [3.63, 3.8) is 0 Å². The zero-order chi connectivity index (χ0) is 19.8. The third kappa shape index (κ3) is 7.15. The highest BCUT2D eigenvalue weighted by Crippen LogP contribution is 2.19. The molecule has 0 radical (unpaired) electrons. The van der Waals surface area contributed by atoms with Crippen LogP contribution in [-0.2, 0) is 17.9 Å². The first-order valence-corrected chi connectivity index (χ1v) is 9.78. The number of hydrogen-bond acceptors (Lipinski definition) is 3. The Kier molecular flexibility index (Phi) is 9.66. The van der Waals surface area contributed by atoms with Crippen LogP contribution in [0, 0.1) is 11.7 Å². The Labute approximate surface area is 189 Å². The maximum absolute atomic E-state index is 13.5. The molecule has 5 nitrogen and oxygen atoms in total. The van der Waals surface area contributed by atoms with E-state index in [0.29, 0.717) is 19.1 Å². The van der Waals surface area contributed by atoms with Crippen LogP contribution in [0.3, 0.4) is 0 Å². The van der Waals surface area contributed by atoms with E-state index in [1.807, 2.05) is 25.1 Å². The Morgan fingerprint density at radius 3 is 2.76 bits per heavy atom. The molecule has 1 atom stereocenters. The van der Waals surface area contributed by atoms with Gasteiger partial charge in [-0.1, -0.05) is 36.4 Å². The molecule has 0 aliphatic carbocycles. The van der Waals surface area contributed by atoms with Crippen molar-refractivity contribution in [2.75, 3.05) is 26.2 Å². The van der Waals surface area contributed by atoms with Crippen LogP contribution < -0.4 is 5.32 Å².